The van der Waals surface area contributed by atoms with Gasteiger partial charge in [-0.05, 0) is 47.8 Å². The van der Waals surface area contributed by atoms with Crippen molar-refractivity contribution in [3.05, 3.63) is 78.4 Å². The van der Waals surface area contributed by atoms with Gasteiger partial charge in [-0.2, -0.15) is 13.2 Å². The van der Waals surface area contributed by atoms with Crippen LogP contribution in [0.2, 0.25) is 10.0 Å². The lowest BCUT2D eigenvalue weighted by atomic mass is 10.1. The Morgan fingerprint density at radius 1 is 1.04 bits per heavy atom. The normalized spacial score (nSPS) is 11.5. The molecule has 1 nitrogen and oxygen atoms in total. The van der Waals surface area contributed by atoms with E-state index in [0.717, 1.165) is 10.9 Å². The smallest absolute Gasteiger partial charge is 0.355 e. The lowest BCUT2D eigenvalue weighted by molar-refractivity contribution is -0.137. The summed E-state index contributed by atoms with van der Waals surface area (Å²) in [6.45, 7) is 0. The zero-order valence-electron chi connectivity index (χ0n) is 13.2. The first-order valence-electron chi connectivity index (χ1n) is 7.38. The fourth-order valence-corrected chi connectivity index (χ4v) is 4.65. The summed E-state index contributed by atoms with van der Waals surface area (Å²) in [4.78, 5) is 1.22. The molecule has 140 valence electrons. The van der Waals surface area contributed by atoms with E-state index in [-0.39, 0.29) is 5.69 Å². The van der Waals surface area contributed by atoms with E-state index in [1.807, 2.05) is 5.38 Å². The van der Waals surface area contributed by atoms with E-state index in [9.17, 15) is 13.2 Å². The molecule has 0 atom stereocenters. The average molecular weight is 511 g/mol. The van der Waals surface area contributed by atoms with Gasteiger partial charge in [0.2, 0.25) is 0 Å². The molecule has 27 heavy (non-hydrogen) atoms. The summed E-state index contributed by atoms with van der Waals surface area (Å²) in [5.74, 6) is 0. The molecule has 0 aliphatic heterocycles. The standard InChI is InChI=1S/C18H9BrCl2F3NS2/c19-9-1-4-15(12(7-9)18(22,23)24)25-10-2-3-11(14(21)8-10)16(26)17-13(20)5-6-27-17/h1-8,25H. The van der Waals surface area contributed by atoms with Crippen LogP contribution in [0.4, 0.5) is 24.5 Å². The Morgan fingerprint density at radius 3 is 2.37 bits per heavy atom. The van der Waals surface area contributed by atoms with Crippen molar-refractivity contribution in [1.82, 2.24) is 0 Å². The maximum absolute atomic E-state index is 13.3. The largest absolute Gasteiger partial charge is 0.418 e. The van der Waals surface area contributed by atoms with E-state index in [0.29, 0.717) is 30.6 Å². The maximum Gasteiger partial charge on any atom is 0.418 e. The van der Waals surface area contributed by atoms with Crippen LogP contribution in [0.25, 0.3) is 0 Å². The maximum atomic E-state index is 13.3. The van der Waals surface area contributed by atoms with Gasteiger partial charge in [-0.3, -0.25) is 0 Å². The van der Waals surface area contributed by atoms with E-state index in [1.54, 1.807) is 18.2 Å². The summed E-state index contributed by atoms with van der Waals surface area (Å²) in [6.07, 6.45) is -4.49. The zero-order valence-corrected chi connectivity index (χ0v) is 17.9. The number of alkyl halides is 3. The fourth-order valence-electron chi connectivity index (χ4n) is 2.37. The molecular weight excluding hydrogens is 502 g/mol. The van der Waals surface area contributed by atoms with Crippen LogP contribution in [0.1, 0.15) is 16.0 Å². The molecule has 3 rings (SSSR count). The molecule has 9 heteroatoms. The highest BCUT2D eigenvalue weighted by molar-refractivity contribution is 9.10. The van der Waals surface area contributed by atoms with Gasteiger partial charge in [0.1, 0.15) is 0 Å². The lowest BCUT2D eigenvalue weighted by Crippen LogP contribution is -2.09. The molecule has 0 saturated heterocycles. The molecule has 0 aliphatic carbocycles. The van der Waals surface area contributed by atoms with Crippen LogP contribution in [0.3, 0.4) is 0 Å². The highest BCUT2D eigenvalue weighted by Crippen LogP contribution is 2.38. The quantitative estimate of drug-likeness (QED) is 0.279. The summed E-state index contributed by atoms with van der Waals surface area (Å²) in [5.41, 5.74) is 0.154. The SMILES string of the molecule is FC(F)(F)c1cc(Br)ccc1Nc1ccc(C(=S)c2sccc2Cl)c(Cl)c1. The second-order valence-corrected chi connectivity index (χ2v) is 8.49. The van der Waals surface area contributed by atoms with E-state index in [2.05, 4.69) is 21.2 Å². The van der Waals surface area contributed by atoms with Gasteiger partial charge in [-0.15, -0.1) is 11.3 Å². The van der Waals surface area contributed by atoms with Gasteiger partial charge in [0.05, 0.1) is 31.0 Å². The first kappa shape index (κ1) is 20.6. The molecule has 0 radical (unpaired) electrons. The van der Waals surface area contributed by atoms with Gasteiger partial charge >= 0.3 is 6.18 Å². The number of thiocarbonyl (C=S) groups is 1. The Labute approximate surface area is 181 Å². The minimum Gasteiger partial charge on any atom is -0.355 e. The van der Waals surface area contributed by atoms with Gasteiger partial charge in [0.25, 0.3) is 0 Å². The first-order valence-corrected chi connectivity index (χ1v) is 10.2. The summed E-state index contributed by atoms with van der Waals surface area (Å²) >= 11 is 22.3. The van der Waals surface area contributed by atoms with E-state index in [4.69, 9.17) is 35.4 Å². The van der Waals surface area contributed by atoms with Gasteiger partial charge in [0.15, 0.2) is 0 Å². The number of thiophene rings is 1. The Bertz CT molecular complexity index is 1020. The summed E-state index contributed by atoms with van der Waals surface area (Å²) in [7, 11) is 0. The van der Waals surface area contributed by atoms with Crippen molar-refractivity contribution in [1.29, 1.82) is 0 Å². The number of anilines is 2. The predicted molar refractivity (Wildman–Crippen MR) is 114 cm³/mol. The molecule has 0 aliphatic rings. The third kappa shape index (κ3) is 4.66. The molecular formula is C18H9BrCl2F3NS2. The van der Waals surface area contributed by atoms with Gasteiger partial charge in [-0.1, -0.05) is 51.3 Å². The van der Waals surface area contributed by atoms with Crippen molar-refractivity contribution in [3.8, 4) is 0 Å². The minimum absolute atomic E-state index is 0.0709. The molecule has 3 aromatic rings. The van der Waals surface area contributed by atoms with Crippen molar-refractivity contribution in [2.24, 2.45) is 0 Å². The van der Waals surface area contributed by atoms with E-state index < -0.39 is 11.7 Å². The number of rotatable bonds is 4. The molecule has 0 bridgehead atoms. The van der Waals surface area contributed by atoms with Crippen LogP contribution in [0, 0.1) is 0 Å². The summed E-state index contributed by atoms with van der Waals surface area (Å²) in [6, 6.07) is 10.5. The van der Waals surface area contributed by atoms with Crippen molar-refractivity contribution < 1.29 is 13.2 Å². The second-order valence-electron chi connectivity index (χ2n) is 5.43. The topological polar surface area (TPSA) is 12.0 Å². The number of halogens is 6. The highest BCUT2D eigenvalue weighted by Gasteiger charge is 2.33. The molecule has 0 unspecified atom stereocenters. The summed E-state index contributed by atoms with van der Waals surface area (Å²) < 4.78 is 40.1. The number of benzene rings is 2. The fraction of sp³-hybridized carbons (Fsp3) is 0.0556. The zero-order chi connectivity index (χ0) is 19.8. The molecule has 0 saturated carbocycles. The van der Waals surface area contributed by atoms with Gasteiger partial charge < -0.3 is 5.32 Å². The average Bonchev–Trinajstić information content (AvgIpc) is 3.01. The number of nitrogens with one attached hydrogen (secondary N) is 1. The summed E-state index contributed by atoms with van der Waals surface area (Å²) in [5, 5.41) is 5.44. The monoisotopic (exact) mass is 509 g/mol. The third-order valence-corrected chi connectivity index (χ3v) is 6.32. The number of hydrogen-bond acceptors (Lipinski definition) is 3. The second kappa shape index (κ2) is 8.09. The predicted octanol–water partition coefficient (Wildman–Crippen LogP) is 8.35. The van der Waals surface area contributed by atoms with Crippen molar-refractivity contribution in [3.63, 3.8) is 0 Å². The molecule has 0 spiro atoms. The highest BCUT2D eigenvalue weighted by atomic mass is 79.9. The van der Waals surface area contributed by atoms with Crippen molar-refractivity contribution in [2.45, 2.75) is 6.18 Å². The van der Waals surface area contributed by atoms with Crippen LogP contribution >= 0.6 is 62.7 Å². The van der Waals surface area contributed by atoms with Crippen molar-refractivity contribution in [2.75, 3.05) is 5.32 Å². The molecule has 1 N–H and O–H groups in total. The van der Waals surface area contributed by atoms with Gasteiger partial charge in [0, 0.05) is 15.7 Å². The van der Waals surface area contributed by atoms with E-state index >= 15 is 0 Å². The molecule has 2 aromatic carbocycles. The van der Waals surface area contributed by atoms with Crippen LogP contribution in [0.5, 0.6) is 0 Å². The Balaban J connectivity index is 1.92. The Morgan fingerprint density at radius 2 is 1.78 bits per heavy atom. The van der Waals surface area contributed by atoms with Crippen LogP contribution in [-0.4, -0.2) is 4.86 Å². The Hall–Kier alpha value is -1.12. The molecule has 1 aromatic heterocycles. The first-order chi connectivity index (χ1) is 12.7. The van der Waals surface area contributed by atoms with Crippen LogP contribution < -0.4 is 5.32 Å². The van der Waals surface area contributed by atoms with Crippen molar-refractivity contribution >= 4 is 78.9 Å². The molecule has 1 heterocycles. The minimum atomic E-state index is -4.49. The van der Waals surface area contributed by atoms with Gasteiger partial charge in [-0.25, -0.2) is 0 Å². The number of hydrogen-bond donors (Lipinski definition) is 1. The molecule has 0 amide bonds. The molecule has 0 fully saturated rings. The van der Waals surface area contributed by atoms with Crippen LogP contribution in [0.15, 0.2) is 52.3 Å². The Kier molecular flexibility index (Phi) is 6.17. The lowest BCUT2D eigenvalue weighted by Gasteiger charge is -2.16. The van der Waals surface area contributed by atoms with E-state index in [1.165, 1.54) is 29.5 Å². The van der Waals surface area contributed by atoms with Crippen LogP contribution in [-0.2, 0) is 6.18 Å². The third-order valence-electron chi connectivity index (χ3n) is 3.60.